The molecule has 0 aliphatic carbocycles. The largest absolute Gasteiger partial charge is 0.356 e. The summed E-state index contributed by atoms with van der Waals surface area (Å²) in [5, 5.41) is 9.21. The fraction of sp³-hybridized carbons (Fsp3) is 0.529. The van der Waals surface area contributed by atoms with Gasteiger partial charge in [-0.1, -0.05) is 38.3 Å². The maximum atomic E-state index is 11.6. The van der Waals surface area contributed by atoms with Crippen LogP contribution in [0.5, 0.6) is 0 Å². The Labute approximate surface area is 156 Å². The molecule has 0 radical (unpaired) electrons. The number of halogens is 1. The molecule has 1 aromatic carbocycles. The highest BCUT2D eigenvalue weighted by atomic mass is 127. The number of rotatable bonds is 8. The van der Waals surface area contributed by atoms with Crippen molar-refractivity contribution >= 4 is 35.8 Å². The summed E-state index contributed by atoms with van der Waals surface area (Å²) in [5.41, 5.74) is 1.72. The Morgan fingerprint density at radius 1 is 1.17 bits per heavy atom. The van der Waals surface area contributed by atoms with E-state index in [4.69, 9.17) is 0 Å². The van der Waals surface area contributed by atoms with E-state index in [2.05, 4.69) is 27.9 Å². The zero-order chi connectivity index (χ0) is 16.2. The highest BCUT2D eigenvalue weighted by molar-refractivity contribution is 14.0. The van der Waals surface area contributed by atoms with E-state index < -0.39 is 0 Å². The van der Waals surface area contributed by atoms with Crippen LogP contribution in [0, 0.1) is 0 Å². The fourth-order valence-corrected chi connectivity index (χ4v) is 2.13. The molecule has 0 aliphatic heterocycles. The van der Waals surface area contributed by atoms with Gasteiger partial charge in [-0.25, -0.2) is 0 Å². The Morgan fingerprint density at radius 2 is 1.96 bits per heavy atom. The lowest BCUT2D eigenvalue weighted by Gasteiger charge is -2.12. The van der Waals surface area contributed by atoms with Gasteiger partial charge in [0.05, 0.1) is 0 Å². The molecule has 0 fully saturated rings. The molecule has 6 heteroatoms. The molecule has 0 aromatic heterocycles. The highest BCUT2D eigenvalue weighted by Crippen LogP contribution is 2.05. The van der Waals surface area contributed by atoms with Crippen LogP contribution in [0.4, 0.5) is 0 Å². The van der Waals surface area contributed by atoms with Gasteiger partial charge in [0.1, 0.15) is 0 Å². The molecule has 0 aliphatic rings. The third kappa shape index (κ3) is 8.78. The number of carbonyl (C=O) groups is 1. The Kier molecular flexibility index (Phi) is 12.4. The quantitative estimate of drug-likeness (QED) is 0.256. The third-order valence-corrected chi connectivity index (χ3v) is 3.42. The van der Waals surface area contributed by atoms with Crippen LogP contribution >= 0.6 is 24.0 Å². The van der Waals surface area contributed by atoms with E-state index in [1.54, 1.807) is 14.1 Å². The zero-order valence-corrected chi connectivity index (χ0v) is 16.6. The number of unbranched alkanes of at least 4 members (excludes halogenated alkanes) is 3. The van der Waals surface area contributed by atoms with Gasteiger partial charge in [0.25, 0.3) is 5.91 Å². The molecule has 0 atom stereocenters. The lowest BCUT2D eigenvalue weighted by Crippen LogP contribution is -2.37. The minimum Gasteiger partial charge on any atom is -0.356 e. The molecule has 1 aromatic rings. The average Bonchev–Trinajstić information content (AvgIpc) is 2.57. The van der Waals surface area contributed by atoms with Gasteiger partial charge in [-0.05, 0) is 24.1 Å². The summed E-state index contributed by atoms with van der Waals surface area (Å²) in [5.74, 6) is 0.724. The Morgan fingerprint density at radius 3 is 2.61 bits per heavy atom. The first-order valence-electron chi connectivity index (χ1n) is 7.96. The fourth-order valence-electron chi connectivity index (χ4n) is 2.13. The van der Waals surface area contributed by atoms with E-state index in [0.717, 1.165) is 24.5 Å². The first kappa shape index (κ1) is 21.7. The summed E-state index contributed by atoms with van der Waals surface area (Å²) in [4.78, 5) is 15.8. The van der Waals surface area contributed by atoms with Crippen molar-refractivity contribution in [1.29, 1.82) is 0 Å². The van der Waals surface area contributed by atoms with Crippen molar-refractivity contribution in [3.63, 3.8) is 0 Å². The van der Waals surface area contributed by atoms with E-state index in [1.807, 2.05) is 24.3 Å². The SMILES string of the molecule is CCCCCCNC(=NC)NCc1cccc(C(=O)NC)c1.I. The molecule has 1 rings (SSSR count). The van der Waals surface area contributed by atoms with Crippen LogP contribution in [-0.4, -0.2) is 32.5 Å². The van der Waals surface area contributed by atoms with Crippen molar-refractivity contribution in [2.24, 2.45) is 4.99 Å². The molecule has 0 bridgehead atoms. The lowest BCUT2D eigenvalue weighted by molar-refractivity contribution is 0.0963. The predicted octanol–water partition coefficient (Wildman–Crippen LogP) is 2.91. The number of amides is 1. The molecule has 1 amide bonds. The van der Waals surface area contributed by atoms with E-state index >= 15 is 0 Å². The minimum absolute atomic E-state index is 0. The van der Waals surface area contributed by atoms with Crippen molar-refractivity contribution in [3.8, 4) is 0 Å². The summed E-state index contributed by atoms with van der Waals surface area (Å²) in [6, 6.07) is 7.58. The molecule has 0 unspecified atom stereocenters. The second-order valence-corrected chi connectivity index (χ2v) is 5.19. The van der Waals surface area contributed by atoms with Crippen LogP contribution in [0.1, 0.15) is 48.5 Å². The molecule has 23 heavy (non-hydrogen) atoms. The summed E-state index contributed by atoms with van der Waals surface area (Å²) in [6.45, 7) is 3.78. The van der Waals surface area contributed by atoms with Gasteiger partial charge in [0, 0.05) is 32.7 Å². The standard InChI is InChI=1S/C17H28N4O.HI/c1-4-5-6-7-11-20-17(19-3)21-13-14-9-8-10-15(12-14)16(22)18-2;/h8-10,12H,4-7,11,13H2,1-3H3,(H,18,22)(H2,19,20,21);1H. The molecular weight excluding hydrogens is 403 g/mol. The van der Waals surface area contributed by atoms with E-state index in [9.17, 15) is 4.79 Å². The maximum Gasteiger partial charge on any atom is 0.251 e. The molecule has 5 nitrogen and oxygen atoms in total. The Hall–Kier alpha value is -1.31. The summed E-state index contributed by atoms with van der Waals surface area (Å²) in [6.07, 6.45) is 4.92. The summed E-state index contributed by atoms with van der Waals surface area (Å²) in [7, 11) is 3.40. The van der Waals surface area contributed by atoms with Gasteiger partial charge >= 0.3 is 0 Å². The van der Waals surface area contributed by atoms with Crippen molar-refractivity contribution < 1.29 is 4.79 Å². The van der Waals surface area contributed by atoms with E-state index in [-0.39, 0.29) is 29.9 Å². The van der Waals surface area contributed by atoms with Gasteiger partial charge in [-0.2, -0.15) is 0 Å². The van der Waals surface area contributed by atoms with Crippen LogP contribution in [0.3, 0.4) is 0 Å². The zero-order valence-electron chi connectivity index (χ0n) is 14.3. The highest BCUT2D eigenvalue weighted by Gasteiger charge is 2.04. The average molecular weight is 432 g/mol. The lowest BCUT2D eigenvalue weighted by atomic mass is 10.1. The topological polar surface area (TPSA) is 65.5 Å². The summed E-state index contributed by atoms with van der Waals surface area (Å²) < 4.78 is 0. The Bertz CT molecular complexity index is 491. The van der Waals surface area contributed by atoms with Gasteiger partial charge in [-0.3, -0.25) is 9.79 Å². The monoisotopic (exact) mass is 432 g/mol. The van der Waals surface area contributed by atoms with E-state index in [0.29, 0.717) is 12.1 Å². The number of nitrogens with zero attached hydrogens (tertiary/aromatic N) is 1. The maximum absolute atomic E-state index is 11.6. The number of hydrogen-bond donors (Lipinski definition) is 3. The molecule has 130 valence electrons. The molecule has 0 saturated carbocycles. The van der Waals surface area contributed by atoms with Gasteiger partial charge in [0.15, 0.2) is 5.96 Å². The number of nitrogens with one attached hydrogen (secondary N) is 3. The number of carbonyl (C=O) groups excluding carboxylic acids is 1. The number of guanidine groups is 1. The molecule has 0 spiro atoms. The van der Waals surface area contributed by atoms with Crippen LogP contribution in [-0.2, 0) is 6.54 Å². The van der Waals surface area contributed by atoms with Gasteiger partial charge < -0.3 is 16.0 Å². The third-order valence-electron chi connectivity index (χ3n) is 3.42. The number of benzene rings is 1. The molecule has 3 N–H and O–H groups in total. The first-order valence-corrected chi connectivity index (χ1v) is 7.96. The summed E-state index contributed by atoms with van der Waals surface area (Å²) >= 11 is 0. The smallest absolute Gasteiger partial charge is 0.251 e. The molecular formula is C17H29IN4O. The van der Waals surface area contributed by atoms with Gasteiger partial charge in [-0.15, -0.1) is 24.0 Å². The molecule has 0 saturated heterocycles. The van der Waals surface area contributed by atoms with Crippen molar-refractivity contribution in [3.05, 3.63) is 35.4 Å². The number of aliphatic imine (C=N–C) groups is 1. The van der Waals surface area contributed by atoms with E-state index in [1.165, 1.54) is 19.3 Å². The van der Waals surface area contributed by atoms with Crippen LogP contribution in [0.15, 0.2) is 29.3 Å². The van der Waals surface area contributed by atoms with Crippen molar-refractivity contribution in [2.75, 3.05) is 20.6 Å². The second kappa shape index (κ2) is 13.2. The van der Waals surface area contributed by atoms with Gasteiger partial charge in [0.2, 0.25) is 0 Å². The molecule has 0 heterocycles. The first-order chi connectivity index (χ1) is 10.7. The van der Waals surface area contributed by atoms with Crippen LogP contribution in [0.2, 0.25) is 0 Å². The van der Waals surface area contributed by atoms with Crippen molar-refractivity contribution in [1.82, 2.24) is 16.0 Å². The minimum atomic E-state index is -0.0692. The second-order valence-electron chi connectivity index (χ2n) is 5.19. The van der Waals surface area contributed by atoms with Crippen LogP contribution in [0.25, 0.3) is 0 Å². The van der Waals surface area contributed by atoms with Crippen molar-refractivity contribution in [2.45, 2.75) is 39.2 Å². The normalized spacial score (nSPS) is 10.7. The predicted molar refractivity (Wildman–Crippen MR) is 108 cm³/mol. The Balaban J connectivity index is 0.00000484. The number of hydrogen-bond acceptors (Lipinski definition) is 2. The van der Waals surface area contributed by atoms with Crippen LogP contribution < -0.4 is 16.0 Å².